The molecule has 0 N–H and O–H groups in total. The molecule has 1 aromatic heterocycles. The summed E-state index contributed by atoms with van der Waals surface area (Å²) in [6, 6.07) is 2.02. The lowest BCUT2D eigenvalue weighted by Gasteiger charge is -2.33. The lowest BCUT2D eigenvalue weighted by atomic mass is 9.90. The molecule has 8 nitrogen and oxygen atoms in total. The van der Waals surface area contributed by atoms with E-state index >= 15 is 0 Å². The highest BCUT2D eigenvalue weighted by Crippen LogP contribution is 2.32. The van der Waals surface area contributed by atoms with E-state index in [2.05, 4.69) is 20.8 Å². The Balaban J connectivity index is 1.72. The summed E-state index contributed by atoms with van der Waals surface area (Å²) in [5.41, 5.74) is 0.945. The van der Waals surface area contributed by atoms with Crippen molar-refractivity contribution in [2.24, 2.45) is 5.41 Å². The third-order valence-corrected chi connectivity index (χ3v) is 6.30. The minimum atomic E-state index is 0.00183. The van der Waals surface area contributed by atoms with Crippen LogP contribution in [0, 0.1) is 5.41 Å². The smallest absolute Gasteiger partial charge is 0.223 e. The molecule has 3 heterocycles. The molecule has 8 heteroatoms. The first-order chi connectivity index (χ1) is 15.1. The van der Waals surface area contributed by atoms with Crippen molar-refractivity contribution in [2.75, 3.05) is 58.9 Å². The van der Waals surface area contributed by atoms with Crippen LogP contribution in [0.15, 0.2) is 6.07 Å². The number of ether oxygens (including phenoxy) is 1. The lowest BCUT2D eigenvalue weighted by Crippen LogP contribution is -2.39. The van der Waals surface area contributed by atoms with Gasteiger partial charge in [0.2, 0.25) is 11.8 Å². The fourth-order valence-corrected chi connectivity index (χ4v) is 4.43. The molecule has 0 saturated carbocycles. The Labute approximate surface area is 192 Å². The summed E-state index contributed by atoms with van der Waals surface area (Å²) in [6.45, 7) is 9.63. The predicted molar refractivity (Wildman–Crippen MR) is 125 cm³/mol. The number of carbonyl (C=O) groups excluding carboxylic acids is 2. The Kier molecular flexibility index (Phi) is 7.75. The minimum absolute atomic E-state index is 0.00183. The van der Waals surface area contributed by atoms with Crippen LogP contribution in [-0.4, -0.2) is 85.6 Å². The fourth-order valence-electron chi connectivity index (χ4n) is 4.43. The van der Waals surface area contributed by atoms with Crippen LogP contribution in [0.25, 0.3) is 0 Å². The third kappa shape index (κ3) is 6.18. The molecule has 0 spiro atoms. The van der Waals surface area contributed by atoms with Crippen molar-refractivity contribution in [1.29, 1.82) is 0 Å². The van der Waals surface area contributed by atoms with Gasteiger partial charge in [0.25, 0.3) is 0 Å². The lowest BCUT2D eigenvalue weighted by molar-refractivity contribution is -0.134. The first-order valence-corrected chi connectivity index (χ1v) is 11.7. The first kappa shape index (κ1) is 24.4. The van der Waals surface area contributed by atoms with Gasteiger partial charge in [-0.25, -0.2) is 9.97 Å². The van der Waals surface area contributed by atoms with Crippen molar-refractivity contribution < 1.29 is 14.3 Å². The van der Waals surface area contributed by atoms with E-state index in [-0.39, 0.29) is 29.1 Å². The van der Waals surface area contributed by atoms with Crippen molar-refractivity contribution in [2.45, 2.75) is 58.3 Å². The second kappa shape index (κ2) is 10.1. The normalized spacial score (nSPS) is 20.2. The Hall–Kier alpha value is -2.22. The summed E-state index contributed by atoms with van der Waals surface area (Å²) in [5, 5.41) is 0. The number of rotatable bonds is 7. The minimum Gasteiger partial charge on any atom is -0.383 e. The Morgan fingerprint density at radius 2 is 1.88 bits per heavy atom. The van der Waals surface area contributed by atoms with Gasteiger partial charge in [-0.15, -0.1) is 0 Å². The molecule has 0 radical (unpaired) electrons. The molecule has 3 rings (SSSR count). The quantitative estimate of drug-likeness (QED) is 0.642. The van der Waals surface area contributed by atoms with E-state index < -0.39 is 0 Å². The van der Waals surface area contributed by atoms with Crippen LogP contribution in [0.2, 0.25) is 0 Å². The number of anilines is 1. The van der Waals surface area contributed by atoms with Gasteiger partial charge >= 0.3 is 0 Å². The average Bonchev–Trinajstić information content (AvgIpc) is 3.11. The van der Waals surface area contributed by atoms with Gasteiger partial charge in [0.05, 0.1) is 12.3 Å². The van der Waals surface area contributed by atoms with Gasteiger partial charge in [-0.05, 0) is 18.3 Å². The molecule has 0 unspecified atom stereocenters. The maximum absolute atomic E-state index is 12.6. The largest absolute Gasteiger partial charge is 0.383 e. The van der Waals surface area contributed by atoms with E-state index in [9.17, 15) is 9.59 Å². The third-order valence-electron chi connectivity index (χ3n) is 6.30. The van der Waals surface area contributed by atoms with Crippen molar-refractivity contribution in [3.05, 3.63) is 17.6 Å². The van der Waals surface area contributed by atoms with Crippen LogP contribution in [0.5, 0.6) is 0 Å². The highest BCUT2D eigenvalue weighted by Gasteiger charge is 2.33. The maximum atomic E-state index is 12.6. The molecular weight excluding hydrogens is 406 g/mol. The van der Waals surface area contributed by atoms with Gasteiger partial charge in [0.1, 0.15) is 11.6 Å². The molecule has 0 aliphatic carbocycles. The molecule has 178 valence electrons. The average molecular weight is 446 g/mol. The van der Waals surface area contributed by atoms with Gasteiger partial charge in [-0.1, -0.05) is 20.8 Å². The monoisotopic (exact) mass is 445 g/mol. The number of hydrogen-bond donors (Lipinski definition) is 0. The molecule has 1 atom stereocenters. The summed E-state index contributed by atoms with van der Waals surface area (Å²) < 4.78 is 5.14. The van der Waals surface area contributed by atoms with Gasteiger partial charge in [-0.3, -0.25) is 9.59 Å². The second-order valence-corrected chi connectivity index (χ2v) is 10.5. The standard InChI is InChI=1S/C24H39N5O3/c1-24(2,3)15-22(31)28-9-7-17(8-10-28)23-25-19(14-20(26-23)27(4)5)18-13-21(30)29(16-18)11-12-32-6/h14,17-18H,7-13,15-16H2,1-6H3/t18-/m1/s1. The first-order valence-electron chi connectivity index (χ1n) is 11.7. The van der Waals surface area contributed by atoms with Crippen LogP contribution in [0.4, 0.5) is 5.82 Å². The van der Waals surface area contributed by atoms with E-state index in [0.29, 0.717) is 32.5 Å². The van der Waals surface area contributed by atoms with E-state index in [0.717, 1.165) is 43.3 Å². The zero-order valence-corrected chi connectivity index (χ0v) is 20.6. The highest BCUT2D eigenvalue weighted by atomic mass is 16.5. The number of aromatic nitrogens is 2. The Morgan fingerprint density at radius 3 is 2.47 bits per heavy atom. The van der Waals surface area contributed by atoms with E-state index in [1.54, 1.807) is 7.11 Å². The maximum Gasteiger partial charge on any atom is 0.223 e. The number of hydrogen-bond acceptors (Lipinski definition) is 6. The topological polar surface area (TPSA) is 78.9 Å². The summed E-state index contributed by atoms with van der Waals surface area (Å²) in [5.74, 6) is 2.42. The number of amides is 2. The van der Waals surface area contributed by atoms with Crippen LogP contribution >= 0.6 is 0 Å². The van der Waals surface area contributed by atoms with Crippen LogP contribution in [0.3, 0.4) is 0 Å². The molecule has 32 heavy (non-hydrogen) atoms. The SMILES string of the molecule is COCCN1C[C@H](c2cc(N(C)C)nc(C3CCN(C(=O)CC(C)(C)C)CC3)n2)CC1=O. The summed E-state index contributed by atoms with van der Waals surface area (Å²) in [6.07, 6.45) is 2.79. The fraction of sp³-hybridized carbons (Fsp3) is 0.750. The van der Waals surface area contributed by atoms with Crippen LogP contribution in [0.1, 0.15) is 69.8 Å². The molecule has 2 aliphatic rings. The second-order valence-electron chi connectivity index (χ2n) is 10.5. The number of carbonyl (C=O) groups is 2. The molecular formula is C24H39N5O3. The molecule has 1 aromatic rings. The van der Waals surface area contributed by atoms with Gasteiger partial charge < -0.3 is 19.4 Å². The molecule has 2 aliphatic heterocycles. The van der Waals surface area contributed by atoms with Crippen LogP contribution < -0.4 is 4.90 Å². The Bertz CT molecular complexity index is 812. The molecule has 0 bridgehead atoms. The van der Waals surface area contributed by atoms with Crippen molar-refractivity contribution in [3.63, 3.8) is 0 Å². The molecule has 0 aromatic carbocycles. The number of nitrogens with zero attached hydrogens (tertiary/aromatic N) is 5. The zero-order chi connectivity index (χ0) is 23.5. The molecule has 2 amide bonds. The van der Waals surface area contributed by atoms with Crippen molar-refractivity contribution in [3.8, 4) is 0 Å². The van der Waals surface area contributed by atoms with Gasteiger partial charge in [-0.2, -0.15) is 0 Å². The van der Waals surface area contributed by atoms with Crippen molar-refractivity contribution in [1.82, 2.24) is 19.8 Å². The van der Waals surface area contributed by atoms with Gasteiger partial charge in [0, 0.05) is 78.1 Å². The summed E-state index contributed by atoms with van der Waals surface area (Å²) in [4.78, 5) is 40.7. The summed E-state index contributed by atoms with van der Waals surface area (Å²) in [7, 11) is 5.61. The summed E-state index contributed by atoms with van der Waals surface area (Å²) >= 11 is 0. The molecule has 2 saturated heterocycles. The van der Waals surface area contributed by atoms with E-state index in [4.69, 9.17) is 14.7 Å². The number of piperidine rings is 1. The van der Waals surface area contributed by atoms with E-state index in [1.807, 2.05) is 34.9 Å². The zero-order valence-electron chi connectivity index (χ0n) is 20.6. The highest BCUT2D eigenvalue weighted by molar-refractivity contribution is 5.79. The predicted octanol–water partition coefficient (Wildman–Crippen LogP) is 2.65. The molecule has 2 fully saturated rings. The van der Waals surface area contributed by atoms with Crippen LogP contribution in [-0.2, 0) is 14.3 Å². The Morgan fingerprint density at radius 1 is 1.19 bits per heavy atom. The van der Waals surface area contributed by atoms with E-state index in [1.165, 1.54) is 0 Å². The van der Waals surface area contributed by atoms with Gasteiger partial charge in [0.15, 0.2) is 0 Å². The number of likely N-dealkylation sites (tertiary alicyclic amines) is 2. The van der Waals surface area contributed by atoms with Crippen molar-refractivity contribution >= 4 is 17.6 Å². The number of methoxy groups -OCH3 is 1.